The number of non-ortho nitro benzene ring substituents is 1. The highest BCUT2D eigenvalue weighted by molar-refractivity contribution is 5.32. The lowest BCUT2D eigenvalue weighted by Crippen LogP contribution is -2.27. The smallest absolute Gasteiger partial charge is 0.269 e. The van der Waals surface area contributed by atoms with E-state index in [1.165, 1.54) is 18.2 Å². The number of benzene rings is 1. The van der Waals surface area contributed by atoms with Crippen molar-refractivity contribution < 1.29 is 4.92 Å². The summed E-state index contributed by atoms with van der Waals surface area (Å²) in [5.41, 5.74) is 1.15. The van der Waals surface area contributed by atoms with Crippen molar-refractivity contribution in [3.05, 3.63) is 74.7 Å². The third kappa shape index (κ3) is 4.54. The van der Waals surface area contributed by atoms with E-state index in [1.54, 1.807) is 29.0 Å². The van der Waals surface area contributed by atoms with Crippen LogP contribution in [0.25, 0.3) is 0 Å². The van der Waals surface area contributed by atoms with Crippen molar-refractivity contribution in [2.24, 2.45) is 0 Å². The summed E-state index contributed by atoms with van der Waals surface area (Å²) in [5, 5.41) is 13.8. The maximum atomic E-state index is 11.5. The number of nitro benzene ring substituents is 1. The number of rotatable bonds is 7. The van der Waals surface area contributed by atoms with Gasteiger partial charge in [0.15, 0.2) is 0 Å². The molecule has 0 saturated carbocycles. The first-order valence-electron chi connectivity index (χ1n) is 6.76. The minimum absolute atomic E-state index is 0.00494. The van der Waals surface area contributed by atoms with Crippen molar-refractivity contribution in [3.8, 4) is 0 Å². The van der Waals surface area contributed by atoms with Crippen LogP contribution in [0.3, 0.4) is 0 Å². The number of nitro groups is 1. The lowest BCUT2D eigenvalue weighted by atomic mass is 10.1. The molecule has 0 aliphatic rings. The van der Waals surface area contributed by atoms with Crippen LogP contribution in [-0.4, -0.2) is 22.6 Å². The standard InChI is InChI=1S/C15H17N3O3/c19-15-3-1-2-11-17(15)12-10-16-9-8-13-4-6-14(7-5-13)18(20)21/h1-7,11,16H,8-10,12H2. The second-order valence-corrected chi connectivity index (χ2v) is 4.66. The average Bonchev–Trinajstić information content (AvgIpc) is 2.49. The third-order valence-electron chi connectivity index (χ3n) is 3.17. The van der Waals surface area contributed by atoms with Crippen LogP contribution < -0.4 is 10.9 Å². The third-order valence-corrected chi connectivity index (χ3v) is 3.17. The molecular formula is C15H17N3O3. The molecular weight excluding hydrogens is 270 g/mol. The highest BCUT2D eigenvalue weighted by atomic mass is 16.6. The first-order valence-corrected chi connectivity index (χ1v) is 6.76. The summed E-state index contributed by atoms with van der Waals surface area (Å²) in [6, 6.07) is 11.6. The van der Waals surface area contributed by atoms with Gasteiger partial charge in [0, 0.05) is 37.5 Å². The summed E-state index contributed by atoms with van der Waals surface area (Å²) < 4.78 is 1.65. The van der Waals surface area contributed by atoms with Crippen LogP contribution in [0.4, 0.5) is 5.69 Å². The molecule has 0 fully saturated rings. The second-order valence-electron chi connectivity index (χ2n) is 4.66. The Morgan fingerprint density at radius 1 is 1.10 bits per heavy atom. The van der Waals surface area contributed by atoms with Gasteiger partial charge in [0.1, 0.15) is 0 Å². The van der Waals surface area contributed by atoms with E-state index in [2.05, 4.69) is 5.32 Å². The van der Waals surface area contributed by atoms with Crippen LogP contribution >= 0.6 is 0 Å². The number of hydrogen-bond acceptors (Lipinski definition) is 4. The zero-order valence-electron chi connectivity index (χ0n) is 11.6. The van der Waals surface area contributed by atoms with Crippen LogP contribution in [-0.2, 0) is 13.0 Å². The van der Waals surface area contributed by atoms with Crippen molar-refractivity contribution in [2.45, 2.75) is 13.0 Å². The Labute approximate surface area is 122 Å². The minimum Gasteiger partial charge on any atom is -0.315 e. The Hall–Kier alpha value is -2.47. The van der Waals surface area contributed by atoms with Crippen molar-refractivity contribution in [3.63, 3.8) is 0 Å². The van der Waals surface area contributed by atoms with Crippen LogP contribution in [0, 0.1) is 10.1 Å². The molecule has 0 spiro atoms. The van der Waals surface area contributed by atoms with Gasteiger partial charge in [-0.3, -0.25) is 14.9 Å². The van der Waals surface area contributed by atoms with Crippen molar-refractivity contribution in [2.75, 3.05) is 13.1 Å². The fraction of sp³-hybridized carbons (Fsp3) is 0.267. The van der Waals surface area contributed by atoms with E-state index in [-0.39, 0.29) is 11.2 Å². The zero-order valence-corrected chi connectivity index (χ0v) is 11.6. The molecule has 1 N–H and O–H groups in total. The molecule has 1 heterocycles. The van der Waals surface area contributed by atoms with E-state index >= 15 is 0 Å². The number of nitrogens with zero attached hydrogens (tertiary/aromatic N) is 2. The van der Waals surface area contributed by atoms with Crippen LogP contribution in [0.5, 0.6) is 0 Å². The number of pyridine rings is 1. The van der Waals surface area contributed by atoms with E-state index in [4.69, 9.17) is 0 Å². The molecule has 0 radical (unpaired) electrons. The maximum Gasteiger partial charge on any atom is 0.269 e. The second kappa shape index (κ2) is 7.35. The molecule has 110 valence electrons. The first-order chi connectivity index (χ1) is 10.2. The van der Waals surface area contributed by atoms with Gasteiger partial charge in [-0.1, -0.05) is 18.2 Å². The van der Waals surface area contributed by atoms with Crippen molar-refractivity contribution >= 4 is 5.69 Å². The van der Waals surface area contributed by atoms with Gasteiger partial charge < -0.3 is 9.88 Å². The van der Waals surface area contributed by atoms with Gasteiger partial charge in [0.2, 0.25) is 0 Å². The molecule has 21 heavy (non-hydrogen) atoms. The van der Waals surface area contributed by atoms with Crippen LogP contribution in [0.1, 0.15) is 5.56 Å². The molecule has 0 bridgehead atoms. The number of nitrogens with one attached hydrogen (secondary N) is 1. The molecule has 0 aliphatic carbocycles. The van der Waals surface area contributed by atoms with Crippen molar-refractivity contribution in [1.82, 2.24) is 9.88 Å². The number of aromatic nitrogens is 1. The first kappa shape index (κ1) is 14.9. The predicted molar refractivity (Wildman–Crippen MR) is 80.4 cm³/mol. The molecule has 6 heteroatoms. The van der Waals surface area contributed by atoms with Gasteiger partial charge in [-0.05, 0) is 24.6 Å². The van der Waals surface area contributed by atoms with Crippen molar-refractivity contribution in [1.29, 1.82) is 0 Å². The Kier molecular flexibility index (Phi) is 5.22. The SMILES string of the molecule is O=c1ccccn1CCNCCc1ccc([N+](=O)[O-])cc1. The van der Waals surface area contributed by atoms with Crippen LogP contribution in [0.2, 0.25) is 0 Å². The van der Waals surface area contributed by atoms with E-state index in [9.17, 15) is 14.9 Å². The van der Waals surface area contributed by atoms with Gasteiger partial charge in [-0.2, -0.15) is 0 Å². The van der Waals surface area contributed by atoms with E-state index in [1.807, 2.05) is 6.07 Å². The van der Waals surface area contributed by atoms with E-state index in [0.717, 1.165) is 18.5 Å². The van der Waals surface area contributed by atoms with Gasteiger partial charge in [-0.15, -0.1) is 0 Å². The molecule has 0 saturated heterocycles. The summed E-state index contributed by atoms with van der Waals surface area (Å²) >= 11 is 0. The Morgan fingerprint density at radius 2 is 1.86 bits per heavy atom. The topological polar surface area (TPSA) is 77.2 Å². The molecule has 2 aromatic rings. The monoisotopic (exact) mass is 287 g/mol. The van der Waals surface area contributed by atoms with Crippen LogP contribution in [0.15, 0.2) is 53.5 Å². The van der Waals surface area contributed by atoms with Gasteiger partial charge >= 0.3 is 0 Å². The predicted octanol–water partition coefficient (Wildman–Crippen LogP) is 1.59. The van der Waals surface area contributed by atoms with Gasteiger partial charge in [-0.25, -0.2) is 0 Å². The average molecular weight is 287 g/mol. The Bertz CT molecular complexity index is 650. The molecule has 2 rings (SSSR count). The number of hydrogen-bond donors (Lipinski definition) is 1. The van der Waals surface area contributed by atoms with E-state index in [0.29, 0.717) is 13.1 Å². The summed E-state index contributed by atoms with van der Waals surface area (Å²) in [6.45, 7) is 2.09. The van der Waals surface area contributed by atoms with Gasteiger partial charge in [0.25, 0.3) is 11.2 Å². The molecule has 1 aromatic carbocycles. The van der Waals surface area contributed by atoms with Gasteiger partial charge in [0.05, 0.1) is 4.92 Å². The lowest BCUT2D eigenvalue weighted by molar-refractivity contribution is -0.384. The Morgan fingerprint density at radius 3 is 2.52 bits per heavy atom. The molecule has 0 unspecified atom stereocenters. The molecule has 6 nitrogen and oxygen atoms in total. The summed E-state index contributed by atoms with van der Waals surface area (Å²) in [7, 11) is 0. The minimum atomic E-state index is -0.403. The fourth-order valence-corrected chi connectivity index (χ4v) is 1.99. The Balaban J connectivity index is 1.71. The largest absolute Gasteiger partial charge is 0.315 e. The highest BCUT2D eigenvalue weighted by Crippen LogP contribution is 2.11. The molecule has 1 aromatic heterocycles. The lowest BCUT2D eigenvalue weighted by Gasteiger charge is -2.07. The molecule has 0 atom stereocenters. The highest BCUT2D eigenvalue weighted by Gasteiger charge is 2.03. The molecule has 0 aliphatic heterocycles. The summed E-state index contributed by atoms with van der Waals surface area (Å²) in [6.07, 6.45) is 2.56. The maximum absolute atomic E-state index is 11.5. The normalized spacial score (nSPS) is 10.5. The fourth-order valence-electron chi connectivity index (χ4n) is 1.99. The molecule has 0 amide bonds. The zero-order chi connectivity index (χ0) is 15.1. The summed E-state index contributed by atoms with van der Waals surface area (Å²) in [4.78, 5) is 21.6. The van der Waals surface area contributed by atoms with E-state index < -0.39 is 4.92 Å². The quantitative estimate of drug-likeness (QED) is 0.476. The summed E-state index contributed by atoms with van der Waals surface area (Å²) in [5.74, 6) is 0.